The molecule has 0 heterocycles. The summed E-state index contributed by atoms with van der Waals surface area (Å²) >= 11 is 5.47. The molecule has 1 nitrogen and oxygen atoms in total. The number of hydrogen-bond acceptors (Lipinski definition) is 2. The van der Waals surface area contributed by atoms with E-state index in [-0.39, 0.29) is 0 Å². The topological polar surface area (TPSA) is 12.0 Å². The van der Waals surface area contributed by atoms with Crippen LogP contribution in [0.5, 0.6) is 0 Å². The summed E-state index contributed by atoms with van der Waals surface area (Å²) < 4.78 is 1.20. The maximum Gasteiger partial charge on any atom is 0.0323 e. The lowest BCUT2D eigenvalue weighted by Crippen LogP contribution is -2.27. The summed E-state index contributed by atoms with van der Waals surface area (Å²) in [5, 5.41) is 3.66. The van der Waals surface area contributed by atoms with Crippen molar-refractivity contribution in [3.05, 3.63) is 33.8 Å². The third-order valence-electron chi connectivity index (χ3n) is 3.12. The highest BCUT2D eigenvalue weighted by Gasteiger charge is 2.19. The molecule has 1 aliphatic rings. The van der Waals surface area contributed by atoms with Crippen LogP contribution in [-0.4, -0.2) is 18.6 Å². The maximum absolute atomic E-state index is 3.66. The van der Waals surface area contributed by atoms with E-state index in [9.17, 15) is 0 Å². The Kier molecular flexibility index (Phi) is 4.74. The van der Waals surface area contributed by atoms with Crippen molar-refractivity contribution < 1.29 is 0 Å². The van der Waals surface area contributed by atoms with E-state index >= 15 is 0 Å². The summed E-state index contributed by atoms with van der Waals surface area (Å²) in [6.07, 6.45) is 5.99. The Hall–Kier alpha value is 0.01000. The number of hydrogen-bond donors (Lipinski definition) is 1. The summed E-state index contributed by atoms with van der Waals surface area (Å²) in [4.78, 5) is 0. The molecule has 0 aromatic heterocycles. The monoisotopic (exact) mass is 299 g/mol. The highest BCUT2D eigenvalue weighted by Crippen LogP contribution is 2.31. The molecule has 1 N–H and O–H groups in total. The molecule has 0 saturated carbocycles. The molecule has 0 aliphatic heterocycles. The molecule has 0 amide bonds. The summed E-state index contributed by atoms with van der Waals surface area (Å²) in [6, 6.07) is 7.27. The van der Waals surface area contributed by atoms with Crippen molar-refractivity contribution in [1.82, 2.24) is 5.32 Å². The number of thioether (sulfide) groups is 1. The summed E-state index contributed by atoms with van der Waals surface area (Å²) in [5.41, 5.74) is 3.03. The van der Waals surface area contributed by atoms with Gasteiger partial charge in [-0.15, -0.1) is 0 Å². The van der Waals surface area contributed by atoms with Crippen molar-refractivity contribution in [2.24, 2.45) is 0 Å². The van der Waals surface area contributed by atoms with E-state index in [4.69, 9.17) is 0 Å². The molecule has 1 aliphatic carbocycles. The average molecular weight is 300 g/mol. The van der Waals surface area contributed by atoms with Crippen LogP contribution in [0, 0.1) is 0 Å². The number of aryl methyl sites for hydroxylation is 1. The molecule has 88 valence electrons. The number of nitrogens with one attached hydrogen (secondary N) is 1. The zero-order valence-electron chi connectivity index (χ0n) is 9.63. The Balaban J connectivity index is 2.09. The van der Waals surface area contributed by atoms with Crippen LogP contribution in [0.3, 0.4) is 0 Å². The number of halogens is 1. The van der Waals surface area contributed by atoms with Crippen LogP contribution < -0.4 is 5.32 Å². The molecule has 1 unspecified atom stereocenters. The van der Waals surface area contributed by atoms with E-state index < -0.39 is 0 Å². The van der Waals surface area contributed by atoms with E-state index in [0.717, 1.165) is 6.54 Å². The molecule has 1 aromatic rings. The van der Waals surface area contributed by atoms with Gasteiger partial charge in [0.1, 0.15) is 0 Å². The summed E-state index contributed by atoms with van der Waals surface area (Å²) in [6.45, 7) is 1.11. The number of benzene rings is 1. The third kappa shape index (κ3) is 3.02. The van der Waals surface area contributed by atoms with E-state index in [1.54, 1.807) is 0 Å². The van der Waals surface area contributed by atoms with Crippen molar-refractivity contribution in [2.75, 3.05) is 18.6 Å². The van der Waals surface area contributed by atoms with Gasteiger partial charge in [0, 0.05) is 22.8 Å². The lowest BCUT2D eigenvalue weighted by molar-refractivity contribution is 0.473. The molecule has 1 atom stereocenters. The predicted octanol–water partition coefficient (Wildman–Crippen LogP) is 3.78. The SMILES string of the molecule is CSCCNC1CCCc2ccc(Br)cc21. The van der Waals surface area contributed by atoms with Gasteiger partial charge in [0.2, 0.25) is 0 Å². The zero-order valence-corrected chi connectivity index (χ0v) is 12.0. The number of fused-ring (bicyclic) bond motifs is 1. The van der Waals surface area contributed by atoms with E-state index in [0.29, 0.717) is 6.04 Å². The first-order valence-electron chi connectivity index (χ1n) is 5.82. The lowest BCUT2D eigenvalue weighted by Gasteiger charge is -2.26. The van der Waals surface area contributed by atoms with Crippen LogP contribution in [-0.2, 0) is 6.42 Å². The minimum atomic E-state index is 0.563. The van der Waals surface area contributed by atoms with E-state index in [1.165, 1.54) is 40.6 Å². The van der Waals surface area contributed by atoms with Crippen molar-refractivity contribution in [1.29, 1.82) is 0 Å². The predicted molar refractivity (Wildman–Crippen MR) is 76.2 cm³/mol. The van der Waals surface area contributed by atoms with Gasteiger partial charge in [-0.2, -0.15) is 11.8 Å². The van der Waals surface area contributed by atoms with Crippen molar-refractivity contribution in [2.45, 2.75) is 25.3 Å². The van der Waals surface area contributed by atoms with Crippen molar-refractivity contribution in [3.63, 3.8) is 0 Å². The highest BCUT2D eigenvalue weighted by atomic mass is 79.9. The molecule has 0 spiro atoms. The average Bonchev–Trinajstić information content (AvgIpc) is 2.30. The highest BCUT2D eigenvalue weighted by molar-refractivity contribution is 9.10. The van der Waals surface area contributed by atoms with Gasteiger partial charge in [0.05, 0.1) is 0 Å². The molecule has 0 fully saturated rings. The molecule has 0 radical (unpaired) electrons. The van der Waals surface area contributed by atoms with Crippen molar-refractivity contribution in [3.8, 4) is 0 Å². The standard InChI is InChI=1S/C13H18BrNS/c1-16-8-7-15-13-4-2-3-10-5-6-11(14)9-12(10)13/h5-6,9,13,15H,2-4,7-8H2,1H3. The molecule has 2 rings (SSSR count). The largest absolute Gasteiger partial charge is 0.309 e. The third-order valence-corrected chi connectivity index (χ3v) is 4.22. The molecule has 1 aromatic carbocycles. The zero-order chi connectivity index (χ0) is 11.4. The normalized spacial score (nSPS) is 19.5. The van der Waals surface area contributed by atoms with Crippen LogP contribution in [0.4, 0.5) is 0 Å². The Labute approximate surface area is 111 Å². The van der Waals surface area contributed by atoms with Crippen LogP contribution in [0.25, 0.3) is 0 Å². The minimum absolute atomic E-state index is 0.563. The molecule has 3 heteroatoms. The van der Waals surface area contributed by atoms with Crippen LogP contribution in [0.2, 0.25) is 0 Å². The molecule has 0 bridgehead atoms. The van der Waals surface area contributed by atoms with E-state index in [1.807, 2.05) is 11.8 Å². The maximum atomic E-state index is 3.66. The van der Waals surface area contributed by atoms with Crippen LogP contribution >= 0.6 is 27.7 Å². The van der Waals surface area contributed by atoms with Gasteiger partial charge in [-0.25, -0.2) is 0 Å². The van der Waals surface area contributed by atoms with Gasteiger partial charge in [-0.1, -0.05) is 22.0 Å². The quantitative estimate of drug-likeness (QED) is 0.849. The lowest BCUT2D eigenvalue weighted by atomic mass is 9.88. The fourth-order valence-corrected chi connectivity index (χ4v) is 3.02. The summed E-state index contributed by atoms with van der Waals surface area (Å²) in [7, 11) is 0. The van der Waals surface area contributed by atoms with Gasteiger partial charge < -0.3 is 5.32 Å². The Morgan fingerprint density at radius 2 is 2.38 bits per heavy atom. The molecular formula is C13H18BrNS. The molecule has 16 heavy (non-hydrogen) atoms. The van der Waals surface area contributed by atoms with Crippen LogP contribution in [0.1, 0.15) is 30.0 Å². The van der Waals surface area contributed by atoms with Crippen molar-refractivity contribution >= 4 is 27.7 Å². The second-order valence-electron chi connectivity index (χ2n) is 4.23. The van der Waals surface area contributed by atoms with E-state index in [2.05, 4.69) is 45.7 Å². The fourth-order valence-electron chi connectivity index (χ4n) is 2.32. The van der Waals surface area contributed by atoms with Gasteiger partial charge in [-0.05, 0) is 48.8 Å². The van der Waals surface area contributed by atoms with Gasteiger partial charge in [0.25, 0.3) is 0 Å². The Bertz CT molecular complexity index is 354. The smallest absolute Gasteiger partial charge is 0.0323 e. The number of rotatable bonds is 4. The van der Waals surface area contributed by atoms with Gasteiger partial charge in [0.15, 0.2) is 0 Å². The molecule has 0 saturated heterocycles. The van der Waals surface area contributed by atoms with Gasteiger partial charge >= 0.3 is 0 Å². The first-order valence-corrected chi connectivity index (χ1v) is 8.00. The first-order chi connectivity index (χ1) is 7.81. The Morgan fingerprint density at radius 1 is 1.50 bits per heavy atom. The Morgan fingerprint density at radius 3 is 3.19 bits per heavy atom. The minimum Gasteiger partial charge on any atom is -0.309 e. The summed E-state index contributed by atoms with van der Waals surface area (Å²) in [5.74, 6) is 1.19. The second-order valence-corrected chi connectivity index (χ2v) is 6.14. The molecular weight excluding hydrogens is 282 g/mol. The fraction of sp³-hybridized carbons (Fsp3) is 0.538. The first kappa shape index (κ1) is 12.5. The van der Waals surface area contributed by atoms with Gasteiger partial charge in [-0.3, -0.25) is 0 Å². The van der Waals surface area contributed by atoms with Crippen LogP contribution in [0.15, 0.2) is 22.7 Å². The second kappa shape index (κ2) is 6.08.